The Hall–Kier alpha value is -1.60. The highest BCUT2D eigenvalue weighted by atomic mass is 16.3. The van der Waals surface area contributed by atoms with E-state index in [1.54, 1.807) is 11.8 Å². The Balaban J connectivity index is 2.51. The molecule has 0 radical (unpaired) electrons. The average molecular weight is 326 g/mol. The number of nitrogens with one attached hydrogen (secondary N) is 1. The van der Waals surface area contributed by atoms with Gasteiger partial charge in [-0.05, 0) is 27.3 Å². The van der Waals surface area contributed by atoms with E-state index >= 15 is 0 Å². The normalized spacial score (nSPS) is 16.8. The standard InChI is InChI=1S/C16H30N4O3/c1-13(2)5-6-20(11-12-21)16(23)17-14(3)15(22)19-9-7-18(4)8-10-19/h14,21H,1,5-12H2,2-4H3,(H,17,23)/t14-/m0/s1. The first-order valence-electron chi connectivity index (χ1n) is 8.13. The van der Waals surface area contributed by atoms with Crippen molar-refractivity contribution >= 4 is 11.9 Å². The van der Waals surface area contributed by atoms with Gasteiger partial charge in [-0.15, -0.1) is 6.58 Å². The third kappa shape index (κ3) is 6.58. The molecule has 1 atom stereocenters. The van der Waals surface area contributed by atoms with Crippen LogP contribution in [0.5, 0.6) is 0 Å². The van der Waals surface area contributed by atoms with Crippen LogP contribution < -0.4 is 5.32 Å². The van der Waals surface area contributed by atoms with Gasteiger partial charge in [0.15, 0.2) is 0 Å². The lowest BCUT2D eigenvalue weighted by atomic mass is 10.2. The summed E-state index contributed by atoms with van der Waals surface area (Å²) >= 11 is 0. The summed E-state index contributed by atoms with van der Waals surface area (Å²) in [5, 5.41) is 11.8. The monoisotopic (exact) mass is 326 g/mol. The molecule has 0 aromatic heterocycles. The van der Waals surface area contributed by atoms with Gasteiger partial charge in [-0.1, -0.05) is 5.57 Å². The molecule has 0 spiro atoms. The zero-order valence-corrected chi connectivity index (χ0v) is 14.5. The molecule has 0 aromatic carbocycles. The molecule has 1 saturated heterocycles. The second-order valence-corrected chi connectivity index (χ2v) is 6.22. The average Bonchev–Trinajstić information content (AvgIpc) is 2.51. The predicted octanol–water partition coefficient (Wildman–Crippen LogP) is 0.119. The molecule has 1 rings (SSSR count). The maximum Gasteiger partial charge on any atom is 0.318 e. The van der Waals surface area contributed by atoms with Gasteiger partial charge in [0.2, 0.25) is 5.91 Å². The zero-order valence-electron chi connectivity index (χ0n) is 14.5. The lowest BCUT2D eigenvalue weighted by Gasteiger charge is -2.34. The Bertz CT molecular complexity index is 420. The molecule has 7 heteroatoms. The molecular weight excluding hydrogens is 296 g/mol. The van der Waals surface area contributed by atoms with Gasteiger partial charge in [-0.3, -0.25) is 4.79 Å². The lowest BCUT2D eigenvalue weighted by molar-refractivity contribution is -0.134. The number of rotatable bonds is 7. The molecule has 2 N–H and O–H groups in total. The predicted molar refractivity (Wildman–Crippen MR) is 90.2 cm³/mol. The molecule has 23 heavy (non-hydrogen) atoms. The highest BCUT2D eigenvalue weighted by Crippen LogP contribution is 2.04. The number of urea groups is 1. The number of carbonyl (C=O) groups is 2. The number of aliphatic hydroxyl groups is 1. The molecule has 1 heterocycles. The Kier molecular flexibility index (Phi) is 8.05. The van der Waals surface area contributed by atoms with Crippen LogP contribution in [0.3, 0.4) is 0 Å². The van der Waals surface area contributed by atoms with E-state index < -0.39 is 6.04 Å². The van der Waals surface area contributed by atoms with Crippen molar-refractivity contribution in [2.75, 3.05) is 52.9 Å². The number of likely N-dealkylation sites (N-methyl/N-ethyl adjacent to an activating group) is 1. The molecule has 1 aliphatic rings. The number of carbonyl (C=O) groups excluding carboxylic acids is 2. The van der Waals surface area contributed by atoms with E-state index in [2.05, 4.69) is 16.8 Å². The van der Waals surface area contributed by atoms with Crippen molar-refractivity contribution in [1.82, 2.24) is 20.0 Å². The molecule has 0 aliphatic carbocycles. The first kappa shape index (κ1) is 19.4. The number of aliphatic hydroxyl groups excluding tert-OH is 1. The fourth-order valence-electron chi connectivity index (χ4n) is 2.40. The van der Waals surface area contributed by atoms with Crippen LogP contribution in [-0.4, -0.2) is 90.7 Å². The summed E-state index contributed by atoms with van der Waals surface area (Å²) in [5.41, 5.74) is 0.974. The van der Waals surface area contributed by atoms with E-state index in [-0.39, 0.29) is 25.1 Å². The summed E-state index contributed by atoms with van der Waals surface area (Å²) in [7, 11) is 2.03. The second kappa shape index (κ2) is 9.52. The van der Waals surface area contributed by atoms with Crippen molar-refractivity contribution in [2.45, 2.75) is 26.3 Å². The molecule has 0 saturated carbocycles. The largest absolute Gasteiger partial charge is 0.395 e. The van der Waals surface area contributed by atoms with E-state index in [0.717, 1.165) is 18.7 Å². The third-order valence-electron chi connectivity index (χ3n) is 3.99. The minimum absolute atomic E-state index is 0.0599. The van der Waals surface area contributed by atoms with Gasteiger partial charge in [0.05, 0.1) is 6.61 Å². The van der Waals surface area contributed by atoms with Crippen molar-refractivity contribution < 1.29 is 14.7 Å². The van der Waals surface area contributed by atoms with E-state index in [1.807, 2.05) is 14.0 Å². The maximum absolute atomic E-state index is 12.4. The Morgan fingerprint density at radius 1 is 1.26 bits per heavy atom. The van der Waals surface area contributed by atoms with E-state index in [1.165, 1.54) is 4.90 Å². The van der Waals surface area contributed by atoms with Gasteiger partial charge in [-0.2, -0.15) is 0 Å². The van der Waals surface area contributed by atoms with Crippen molar-refractivity contribution in [3.05, 3.63) is 12.2 Å². The van der Waals surface area contributed by atoms with E-state index in [4.69, 9.17) is 5.11 Å². The quantitative estimate of drug-likeness (QED) is 0.652. The van der Waals surface area contributed by atoms with Gasteiger partial charge in [0, 0.05) is 39.3 Å². The summed E-state index contributed by atoms with van der Waals surface area (Å²) in [5.74, 6) is -0.0599. The van der Waals surface area contributed by atoms with Crippen molar-refractivity contribution in [2.24, 2.45) is 0 Å². The van der Waals surface area contributed by atoms with E-state index in [9.17, 15) is 9.59 Å². The minimum Gasteiger partial charge on any atom is -0.395 e. The summed E-state index contributed by atoms with van der Waals surface area (Å²) in [6, 6.07) is -0.896. The van der Waals surface area contributed by atoms with Gasteiger partial charge in [0.25, 0.3) is 0 Å². The van der Waals surface area contributed by atoms with Crippen molar-refractivity contribution in [1.29, 1.82) is 0 Å². The number of nitrogens with zero attached hydrogens (tertiary/aromatic N) is 3. The van der Waals surface area contributed by atoms with Crippen LogP contribution in [0.1, 0.15) is 20.3 Å². The summed E-state index contributed by atoms with van der Waals surface area (Å²) in [6.07, 6.45) is 0.675. The number of hydrogen-bond donors (Lipinski definition) is 2. The molecule has 1 aliphatic heterocycles. The number of piperazine rings is 1. The SMILES string of the molecule is C=C(C)CCN(CCO)C(=O)N[C@@H](C)C(=O)N1CCN(C)CC1. The lowest BCUT2D eigenvalue weighted by Crippen LogP contribution is -2.55. The first-order chi connectivity index (χ1) is 10.8. The van der Waals surface area contributed by atoms with Crippen LogP contribution >= 0.6 is 0 Å². The smallest absolute Gasteiger partial charge is 0.318 e. The van der Waals surface area contributed by atoms with Crippen LogP contribution in [-0.2, 0) is 4.79 Å². The second-order valence-electron chi connectivity index (χ2n) is 6.22. The van der Waals surface area contributed by atoms with Gasteiger partial charge in [0.1, 0.15) is 6.04 Å². The van der Waals surface area contributed by atoms with Crippen LogP contribution in [0.2, 0.25) is 0 Å². The van der Waals surface area contributed by atoms with Crippen LogP contribution in [0.25, 0.3) is 0 Å². The Labute approximate surface area is 138 Å². The topological polar surface area (TPSA) is 76.1 Å². The van der Waals surface area contributed by atoms with Crippen molar-refractivity contribution in [3.63, 3.8) is 0 Å². The van der Waals surface area contributed by atoms with Gasteiger partial charge < -0.3 is 25.1 Å². The fraction of sp³-hybridized carbons (Fsp3) is 0.750. The number of hydrogen-bond acceptors (Lipinski definition) is 4. The molecule has 7 nitrogen and oxygen atoms in total. The summed E-state index contributed by atoms with van der Waals surface area (Å²) in [4.78, 5) is 30.2. The molecule has 1 fully saturated rings. The van der Waals surface area contributed by atoms with E-state index in [0.29, 0.717) is 26.1 Å². The highest BCUT2D eigenvalue weighted by Gasteiger charge is 2.26. The third-order valence-corrected chi connectivity index (χ3v) is 3.99. The van der Waals surface area contributed by atoms with Crippen LogP contribution in [0.4, 0.5) is 4.79 Å². The van der Waals surface area contributed by atoms with Gasteiger partial charge in [-0.25, -0.2) is 4.79 Å². The fourth-order valence-corrected chi connectivity index (χ4v) is 2.40. The molecule has 3 amide bonds. The first-order valence-corrected chi connectivity index (χ1v) is 8.13. The number of amides is 3. The van der Waals surface area contributed by atoms with Crippen molar-refractivity contribution in [3.8, 4) is 0 Å². The van der Waals surface area contributed by atoms with Gasteiger partial charge >= 0.3 is 6.03 Å². The molecule has 0 bridgehead atoms. The molecule has 132 valence electrons. The molecular formula is C16H30N4O3. The summed E-state index contributed by atoms with van der Waals surface area (Å²) in [6.45, 7) is 11.1. The Morgan fingerprint density at radius 3 is 2.39 bits per heavy atom. The molecule has 0 aromatic rings. The minimum atomic E-state index is -0.572. The maximum atomic E-state index is 12.4. The van der Waals surface area contributed by atoms with Crippen LogP contribution in [0, 0.1) is 0 Å². The summed E-state index contributed by atoms with van der Waals surface area (Å²) < 4.78 is 0. The van der Waals surface area contributed by atoms with Crippen LogP contribution in [0.15, 0.2) is 12.2 Å². The molecule has 0 unspecified atom stereocenters. The Morgan fingerprint density at radius 2 is 1.87 bits per heavy atom. The zero-order chi connectivity index (χ0) is 17.4. The highest BCUT2D eigenvalue weighted by molar-refractivity contribution is 5.86.